The second-order valence-electron chi connectivity index (χ2n) is 6.06. The van der Waals surface area contributed by atoms with E-state index in [1.54, 1.807) is 41.3 Å². The third-order valence-corrected chi connectivity index (χ3v) is 4.58. The molecule has 1 N–H and O–H groups in total. The molecule has 3 aromatic rings. The van der Waals surface area contributed by atoms with E-state index in [1.165, 1.54) is 0 Å². The fourth-order valence-electron chi connectivity index (χ4n) is 3.02. The van der Waals surface area contributed by atoms with E-state index in [-0.39, 0.29) is 11.8 Å². The van der Waals surface area contributed by atoms with Crippen LogP contribution >= 0.6 is 11.6 Å². The van der Waals surface area contributed by atoms with Crippen molar-refractivity contribution in [1.29, 1.82) is 0 Å². The molecular formula is C21H15ClN2O2. The molecule has 2 amide bonds. The second kappa shape index (κ2) is 6.65. The quantitative estimate of drug-likeness (QED) is 0.730. The minimum Gasteiger partial charge on any atom is -0.322 e. The Hall–Kier alpha value is -3.11. The number of carbonyl (C=O) groups is 2. The Morgan fingerprint density at radius 1 is 0.962 bits per heavy atom. The van der Waals surface area contributed by atoms with Crippen LogP contribution in [0.15, 0.2) is 72.8 Å². The zero-order valence-electron chi connectivity index (χ0n) is 13.8. The molecule has 0 spiro atoms. The van der Waals surface area contributed by atoms with E-state index in [9.17, 15) is 9.59 Å². The molecule has 5 heteroatoms. The molecule has 4 rings (SSSR count). The monoisotopic (exact) mass is 362 g/mol. The normalized spacial score (nSPS) is 12.8. The van der Waals surface area contributed by atoms with Crippen LogP contribution in [0.25, 0.3) is 0 Å². The Balaban J connectivity index is 1.49. The van der Waals surface area contributed by atoms with Crippen LogP contribution in [0.5, 0.6) is 0 Å². The van der Waals surface area contributed by atoms with Gasteiger partial charge in [0.2, 0.25) is 0 Å². The van der Waals surface area contributed by atoms with E-state index < -0.39 is 0 Å². The van der Waals surface area contributed by atoms with Crippen molar-refractivity contribution in [3.63, 3.8) is 0 Å². The number of nitrogens with one attached hydrogen (secondary N) is 1. The van der Waals surface area contributed by atoms with Crippen LogP contribution in [0.4, 0.5) is 11.4 Å². The van der Waals surface area contributed by atoms with Gasteiger partial charge in [0.15, 0.2) is 0 Å². The van der Waals surface area contributed by atoms with Crippen LogP contribution in [0.1, 0.15) is 26.3 Å². The molecule has 0 fully saturated rings. The van der Waals surface area contributed by atoms with Crippen LogP contribution in [-0.4, -0.2) is 11.8 Å². The first-order valence-electron chi connectivity index (χ1n) is 8.18. The van der Waals surface area contributed by atoms with Gasteiger partial charge in [0.1, 0.15) is 0 Å². The summed E-state index contributed by atoms with van der Waals surface area (Å²) < 4.78 is 0. The van der Waals surface area contributed by atoms with Crippen LogP contribution in [-0.2, 0) is 6.54 Å². The summed E-state index contributed by atoms with van der Waals surface area (Å²) in [5.41, 5.74) is 3.71. The molecule has 128 valence electrons. The lowest BCUT2D eigenvalue weighted by Crippen LogP contribution is -2.22. The molecule has 0 unspecified atom stereocenters. The van der Waals surface area contributed by atoms with Crippen molar-refractivity contribution in [1.82, 2.24) is 0 Å². The zero-order valence-corrected chi connectivity index (χ0v) is 14.5. The third kappa shape index (κ3) is 3.07. The van der Waals surface area contributed by atoms with Crippen LogP contribution in [0, 0.1) is 0 Å². The number of rotatable bonds is 3. The van der Waals surface area contributed by atoms with Gasteiger partial charge in [0.25, 0.3) is 11.8 Å². The first-order valence-corrected chi connectivity index (χ1v) is 8.56. The van der Waals surface area contributed by atoms with E-state index in [1.807, 2.05) is 36.4 Å². The van der Waals surface area contributed by atoms with Crippen LogP contribution in [0.2, 0.25) is 5.02 Å². The molecule has 4 nitrogen and oxygen atoms in total. The van der Waals surface area contributed by atoms with Crippen molar-refractivity contribution >= 4 is 34.8 Å². The van der Waals surface area contributed by atoms with E-state index in [0.29, 0.717) is 22.8 Å². The lowest BCUT2D eigenvalue weighted by Gasteiger charge is -2.16. The van der Waals surface area contributed by atoms with Crippen molar-refractivity contribution in [2.75, 3.05) is 10.2 Å². The summed E-state index contributed by atoms with van der Waals surface area (Å²) in [7, 11) is 0. The van der Waals surface area contributed by atoms with E-state index in [0.717, 1.165) is 16.8 Å². The maximum Gasteiger partial charge on any atom is 0.258 e. The smallest absolute Gasteiger partial charge is 0.258 e. The van der Waals surface area contributed by atoms with Gasteiger partial charge in [-0.05, 0) is 54.1 Å². The molecule has 0 saturated heterocycles. The number of nitrogens with zero attached hydrogens (tertiary/aromatic N) is 1. The molecule has 0 saturated carbocycles. The van der Waals surface area contributed by atoms with Crippen molar-refractivity contribution in [3.05, 3.63) is 94.5 Å². The molecular weight excluding hydrogens is 348 g/mol. The Kier molecular flexibility index (Phi) is 4.19. The zero-order chi connectivity index (χ0) is 18.1. The summed E-state index contributed by atoms with van der Waals surface area (Å²) in [4.78, 5) is 26.5. The highest BCUT2D eigenvalue weighted by molar-refractivity contribution is 6.31. The Morgan fingerprint density at radius 3 is 2.46 bits per heavy atom. The standard InChI is InChI=1S/C21H15ClN2O2/c22-16-6-3-5-14(12-16)20(25)23-17-8-10-18(11-9-17)24-13-15-4-1-2-7-19(15)21(24)26/h1-12H,13H2,(H,23,25). The molecule has 1 aliphatic heterocycles. The van der Waals surface area contributed by atoms with Crippen LogP contribution < -0.4 is 10.2 Å². The van der Waals surface area contributed by atoms with E-state index in [2.05, 4.69) is 5.32 Å². The molecule has 0 aliphatic carbocycles. The first kappa shape index (κ1) is 16.4. The first-order chi connectivity index (χ1) is 12.6. The summed E-state index contributed by atoms with van der Waals surface area (Å²) >= 11 is 5.92. The average Bonchev–Trinajstić information content (AvgIpc) is 2.99. The SMILES string of the molecule is O=C(Nc1ccc(N2Cc3ccccc3C2=O)cc1)c1cccc(Cl)c1. The number of anilines is 2. The molecule has 0 bridgehead atoms. The van der Waals surface area contributed by atoms with Gasteiger partial charge in [0.05, 0.1) is 6.54 Å². The number of hydrogen-bond acceptors (Lipinski definition) is 2. The van der Waals surface area contributed by atoms with Gasteiger partial charge < -0.3 is 10.2 Å². The van der Waals surface area contributed by atoms with Gasteiger partial charge in [0, 0.05) is 27.5 Å². The van der Waals surface area contributed by atoms with Crippen molar-refractivity contribution in [2.45, 2.75) is 6.54 Å². The number of benzene rings is 3. The third-order valence-electron chi connectivity index (χ3n) is 4.35. The second-order valence-corrected chi connectivity index (χ2v) is 6.50. The predicted octanol–water partition coefficient (Wildman–Crippen LogP) is 4.75. The number of halogens is 1. The van der Waals surface area contributed by atoms with Gasteiger partial charge >= 0.3 is 0 Å². The lowest BCUT2D eigenvalue weighted by molar-refractivity contribution is 0.0994. The Morgan fingerprint density at radius 2 is 1.73 bits per heavy atom. The number of carbonyl (C=O) groups excluding carboxylic acids is 2. The summed E-state index contributed by atoms with van der Waals surface area (Å²) in [5.74, 6) is -0.235. The molecule has 0 aromatic heterocycles. The van der Waals surface area contributed by atoms with Gasteiger partial charge in [-0.2, -0.15) is 0 Å². The molecule has 26 heavy (non-hydrogen) atoms. The average molecular weight is 363 g/mol. The highest BCUT2D eigenvalue weighted by Crippen LogP contribution is 2.29. The highest BCUT2D eigenvalue weighted by atomic mass is 35.5. The van der Waals surface area contributed by atoms with Gasteiger partial charge in [-0.15, -0.1) is 0 Å². The van der Waals surface area contributed by atoms with E-state index in [4.69, 9.17) is 11.6 Å². The minimum absolute atomic E-state index is 0.00341. The highest BCUT2D eigenvalue weighted by Gasteiger charge is 2.27. The molecule has 0 atom stereocenters. The molecule has 0 radical (unpaired) electrons. The molecule has 1 aliphatic rings. The maximum absolute atomic E-state index is 12.5. The number of fused-ring (bicyclic) bond motifs is 1. The predicted molar refractivity (Wildman–Crippen MR) is 103 cm³/mol. The van der Waals surface area contributed by atoms with Crippen molar-refractivity contribution < 1.29 is 9.59 Å². The fraction of sp³-hybridized carbons (Fsp3) is 0.0476. The van der Waals surface area contributed by atoms with Gasteiger partial charge in [-0.1, -0.05) is 35.9 Å². The molecule has 3 aromatic carbocycles. The van der Waals surface area contributed by atoms with Crippen molar-refractivity contribution in [2.24, 2.45) is 0 Å². The van der Waals surface area contributed by atoms with Gasteiger partial charge in [-0.25, -0.2) is 0 Å². The summed E-state index contributed by atoms with van der Waals surface area (Å²) in [5, 5.41) is 3.34. The lowest BCUT2D eigenvalue weighted by atomic mass is 10.1. The van der Waals surface area contributed by atoms with E-state index >= 15 is 0 Å². The Bertz CT molecular complexity index is 999. The topological polar surface area (TPSA) is 49.4 Å². The largest absolute Gasteiger partial charge is 0.322 e. The summed E-state index contributed by atoms with van der Waals surface area (Å²) in [6, 6.07) is 21.6. The summed E-state index contributed by atoms with van der Waals surface area (Å²) in [6.45, 7) is 0.559. The number of hydrogen-bond donors (Lipinski definition) is 1. The minimum atomic E-state index is -0.232. The van der Waals surface area contributed by atoms with Crippen molar-refractivity contribution in [3.8, 4) is 0 Å². The van der Waals surface area contributed by atoms with Crippen LogP contribution in [0.3, 0.4) is 0 Å². The molecule has 1 heterocycles. The fourth-order valence-corrected chi connectivity index (χ4v) is 3.21. The van der Waals surface area contributed by atoms with Gasteiger partial charge in [-0.3, -0.25) is 9.59 Å². The summed E-state index contributed by atoms with van der Waals surface area (Å²) in [6.07, 6.45) is 0. The number of amides is 2. The maximum atomic E-state index is 12.5. The Labute approximate surface area is 156 Å².